The lowest BCUT2D eigenvalue weighted by Crippen LogP contribution is -2.38. The Labute approximate surface area is 125 Å². The minimum absolute atomic E-state index is 0.264. The maximum atomic E-state index is 11.6. The number of carbonyl (C=O) groups excluding carboxylic acids is 1. The Hall–Kier alpha value is -1.07. The quantitative estimate of drug-likeness (QED) is 0.886. The standard InChI is InChI=1S/C13H15BrClNO3/c1-3-6-16(8(2)17)12(13(18)19)9-4-5-11(15)10(14)7-9/h4-5,7,12H,3,6H2,1-2H3,(H,18,19). The Morgan fingerprint density at radius 2 is 2.11 bits per heavy atom. The van der Waals surface area contributed by atoms with Gasteiger partial charge in [-0.15, -0.1) is 0 Å². The van der Waals surface area contributed by atoms with E-state index >= 15 is 0 Å². The highest BCUT2D eigenvalue weighted by atomic mass is 79.9. The minimum atomic E-state index is -1.06. The number of hydrogen-bond donors (Lipinski definition) is 1. The molecule has 1 amide bonds. The van der Waals surface area contributed by atoms with E-state index in [-0.39, 0.29) is 5.91 Å². The van der Waals surface area contributed by atoms with Crippen molar-refractivity contribution < 1.29 is 14.7 Å². The summed E-state index contributed by atoms with van der Waals surface area (Å²) in [6.45, 7) is 3.66. The Morgan fingerprint density at radius 1 is 1.47 bits per heavy atom. The zero-order valence-electron chi connectivity index (χ0n) is 10.7. The molecule has 6 heteroatoms. The van der Waals surface area contributed by atoms with Gasteiger partial charge < -0.3 is 10.0 Å². The van der Waals surface area contributed by atoms with Crippen LogP contribution in [0.15, 0.2) is 22.7 Å². The van der Waals surface area contributed by atoms with Crippen LogP contribution in [0.2, 0.25) is 5.02 Å². The fourth-order valence-corrected chi connectivity index (χ4v) is 2.36. The SMILES string of the molecule is CCCN(C(C)=O)C(C(=O)O)c1ccc(Cl)c(Br)c1. The molecule has 0 aliphatic rings. The molecule has 0 saturated heterocycles. The molecule has 0 fully saturated rings. The van der Waals surface area contributed by atoms with Crippen LogP contribution in [-0.4, -0.2) is 28.4 Å². The molecule has 1 rings (SSSR count). The molecule has 0 saturated carbocycles. The largest absolute Gasteiger partial charge is 0.479 e. The van der Waals surface area contributed by atoms with Crippen LogP contribution in [0.25, 0.3) is 0 Å². The third-order valence-electron chi connectivity index (χ3n) is 2.67. The number of benzene rings is 1. The third-order valence-corrected chi connectivity index (χ3v) is 3.89. The number of amides is 1. The molecule has 1 atom stereocenters. The lowest BCUT2D eigenvalue weighted by atomic mass is 10.0. The molecule has 0 radical (unpaired) electrons. The number of carboxylic acids is 1. The first-order valence-corrected chi connectivity index (χ1v) is 7.00. The number of aliphatic carboxylic acids is 1. The lowest BCUT2D eigenvalue weighted by molar-refractivity contribution is -0.149. The summed E-state index contributed by atoms with van der Waals surface area (Å²) in [5.74, 6) is -1.32. The van der Waals surface area contributed by atoms with Crippen LogP contribution in [0.3, 0.4) is 0 Å². The van der Waals surface area contributed by atoms with Gasteiger partial charge in [0, 0.05) is 17.9 Å². The molecule has 19 heavy (non-hydrogen) atoms. The normalized spacial score (nSPS) is 12.0. The molecular formula is C13H15BrClNO3. The van der Waals surface area contributed by atoms with Crippen molar-refractivity contribution in [3.8, 4) is 0 Å². The van der Waals surface area contributed by atoms with E-state index in [0.717, 1.165) is 0 Å². The van der Waals surface area contributed by atoms with E-state index in [1.165, 1.54) is 11.8 Å². The molecule has 0 bridgehead atoms. The average molecular weight is 349 g/mol. The predicted molar refractivity (Wildman–Crippen MR) is 77.2 cm³/mol. The van der Waals surface area contributed by atoms with E-state index in [0.29, 0.717) is 28.0 Å². The maximum absolute atomic E-state index is 11.6. The Morgan fingerprint density at radius 3 is 2.53 bits per heavy atom. The second-order valence-electron chi connectivity index (χ2n) is 4.13. The van der Waals surface area contributed by atoms with Gasteiger partial charge in [-0.1, -0.05) is 24.6 Å². The fourth-order valence-electron chi connectivity index (χ4n) is 1.85. The summed E-state index contributed by atoms with van der Waals surface area (Å²) in [5.41, 5.74) is 0.521. The van der Waals surface area contributed by atoms with Gasteiger partial charge in [0.2, 0.25) is 5.91 Å². The Kier molecular flexibility index (Phi) is 5.82. The van der Waals surface area contributed by atoms with E-state index in [9.17, 15) is 14.7 Å². The number of rotatable bonds is 5. The fraction of sp³-hybridized carbons (Fsp3) is 0.385. The molecule has 1 N–H and O–H groups in total. The molecule has 4 nitrogen and oxygen atoms in total. The van der Waals surface area contributed by atoms with Crippen molar-refractivity contribution in [2.45, 2.75) is 26.3 Å². The average Bonchev–Trinajstić information content (AvgIpc) is 2.32. The number of hydrogen-bond acceptors (Lipinski definition) is 2. The van der Waals surface area contributed by atoms with Gasteiger partial charge in [0.05, 0.1) is 5.02 Å². The van der Waals surface area contributed by atoms with Gasteiger partial charge >= 0.3 is 5.97 Å². The summed E-state index contributed by atoms with van der Waals surface area (Å²) in [6.07, 6.45) is 0.693. The Bertz CT molecular complexity index is 493. The summed E-state index contributed by atoms with van der Waals surface area (Å²) < 4.78 is 0.609. The summed E-state index contributed by atoms with van der Waals surface area (Å²) in [6, 6.07) is 3.87. The maximum Gasteiger partial charge on any atom is 0.331 e. The van der Waals surface area contributed by atoms with Crippen molar-refractivity contribution in [2.75, 3.05) is 6.54 Å². The van der Waals surface area contributed by atoms with Crippen LogP contribution in [0.5, 0.6) is 0 Å². The molecule has 1 aromatic carbocycles. The van der Waals surface area contributed by atoms with Crippen LogP contribution in [0.1, 0.15) is 31.9 Å². The second-order valence-corrected chi connectivity index (χ2v) is 5.39. The number of carbonyl (C=O) groups is 2. The molecule has 0 heterocycles. The Balaban J connectivity index is 3.21. The van der Waals surface area contributed by atoms with Gasteiger partial charge in [-0.25, -0.2) is 4.79 Å². The van der Waals surface area contributed by atoms with E-state index in [4.69, 9.17) is 11.6 Å². The molecule has 0 aliphatic heterocycles. The van der Waals surface area contributed by atoms with Crippen molar-refractivity contribution in [2.24, 2.45) is 0 Å². The molecule has 0 aromatic heterocycles. The second kappa shape index (κ2) is 6.91. The summed E-state index contributed by atoms with van der Waals surface area (Å²) >= 11 is 9.15. The number of nitrogens with zero attached hydrogens (tertiary/aromatic N) is 1. The zero-order chi connectivity index (χ0) is 14.6. The van der Waals surface area contributed by atoms with Gasteiger partial charge in [0.1, 0.15) is 0 Å². The zero-order valence-corrected chi connectivity index (χ0v) is 13.0. The topological polar surface area (TPSA) is 57.6 Å². The van der Waals surface area contributed by atoms with E-state index < -0.39 is 12.0 Å². The first-order valence-electron chi connectivity index (χ1n) is 5.83. The predicted octanol–water partition coefficient (Wildman–Crippen LogP) is 3.49. The van der Waals surface area contributed by atoms with Gasteiger partial charge in [-0.05, 0) is 40.0 Å². The van der Waals surface area contributed by atoms with Gasteiger partial charge in [0.25, 0.3) is 0 Å². The number of halogens is 2. The third kappa shape index (κ3) is 3.94. The minimum Gasteiger partial charge on any atom is -0.479 e. The summed E-state index contributed by atoms with van der Waals surface area (Å²) in [5, 5.41) is 9.89. The smallest absolute Gasteiger partial charge is 0.331 e. The van der Waals surface area contributed by atoms with Crippen LogP contribution < -0.4 is 0 Å². The summed E-state index contributed by atoms with van der Waals surface area (Å²) in [4.78, 5) is 24.4. The van der Waals surface area contributed by atoms with Crippen molar-refractivity contribution in [1.29, 1.82) is 0 Å². The summed E-state index contributed by atoms with van der Waals surface area (Å²) in [7, 11) is 0. The van der Waals surface area contributed by atoms with E-state index in [1.807, 2.05) is 6.92 Å². The van der Waals surface area contributed by atoms with Crippen LogP contribution in [-0.2, 0) is 9.59 Å². The van der Waals surface area contributed by atoms with Gasteiger partial charge in [-0.2, -0.15) is 0 Å². The molecule has 0 spiro atoms. The molecule has 104 valence electrons. The monoisotopic (exact) mass is 347 g/mol. The molecule has 0 aliphatic carbocycles. The number of carboxylic acid groups (broad SMARTS) is 1. The van der Waals surface area contributed by atoms with Crippen LogP contribution in [0.4, 0.5) is 0 Å². The van der Waals surface area contributed by atoms with Crippen molar-refractivity contribution in [3.05, 3.63) is 33.3 Å². The van der Waals surface area contributed by atoms with Gasteiger partial charge in [-0.3, -0.25) is 4.79 Å². The highest BCUT2D eigenvalue weighted by Crippen LogP contribution is 2.29. The first kappa shape index (κ1) is 16.0. The van der Waals surface area contributed by atoms with Crippen molar-refractivity contribution in [1.82, 2.24) is 4.90 Å². The van der Waals surface area contributed by atoms with E-state index in [2.05, 4.69) is 15.9 Å². The molecule has 1 aromatic rings. The highest BCUT2D eigenvalue weighted by Gasteiger charge is 2.29. The van der Waals surface area contributed by atoms with Crippen LogP contribution >= 0.6 is 27.5 Å². The van der Waals surface area contributed by atoms with Gasteiger partial charge in [0.15, 0.2) is 6.04 Å². The molecule has 1 unspecified atom stereocenters. The van der Waals surface area contributed by atoms with Crippen molar-refractivity contribution >= 4 is 39.4 Å². The van der Waals surface area contributed by atoms with E-state index in [1.54, 1.807) is 18.2 Å². The first-order chi connectivity index (χ1) is 8.88. The lowest BCUT2D eigenvalue weighted by Gasteiger charge is -2.28. The molecular weight excluding hydrogens is 334 g/mol. The highest BCUT2D eigenvalue weighted by molar-refractivity contribution is 9.10. The van der Waals surface area contributed by atoms with Crippen molar-refractivity contribution in [3.63, 3.8) is 0 Å². The van der Waals surface area contributed by atoms with Crippen LogP contribution in [0, 0.1) is 0 Å².